The SMILES string of the molecule is CC[C@H]1OC(=O)C(C)C(=O)[C@H](C)[C@@H](O[C@@H]2O[C@H](C)C[C@H](N(C)C)[C@H]2O)[C@](C)(OC)C[C@@H](C)C(=O)[C@H](C)[C@H]2[C@H](SCCN(Cc3c(Cl)cncc3Cl)c3ccc(OC)c(OC4CCCC4)c3)C(=O)O[C@@]21C. The highest BCUT2D eigenvalue weighted by atomic mass is 35.5. The Morgan fingerprint density at radius 2 is 1.60 bits per heavy atom. The summed E-state index contributed by atoms with van der Waals surface area (Å²) in [5, 5.41) is 11.5. The number of Topliss-reactive ketones (excluding diaryl/α,β-unsaturated/α-hetero) is 2. The Kier molecular flexibility index (Phi) is 19.0. The molecule has 1 saturated carbocycles. The van der Waals surface area contributed by atoms with E-state index in [-0.39, 0.29) is 36.9 Å². The summed E-state index contributed by atoms with van der Waals surface area (Å²) in [7, 11) is 6.84. The molecule has 0 amide bonds. The number of hydrogen-bond donors (Lipinski definition) is 1. The maximum atomic E-state index is 15.1. The van der Waals surface area contributed by atoms with Crippen LogP contribution in [0.3, 0.4) is 0 Å². The Morgan fingerprint density at radius 1 is 0.929 bits per heavy atom. The van der Waals surface area contributed by atoms with Crippen molar-refractivity contribution < 1.29 is 57.4 Å². The number of nitrogens with zero attached hydrogens (tertiary/aromatic N) is 3. The quantitative estimate of drug-likeness (QED) is 0.133. The smallest absolute Gasteiger partial charge is 0.320 e. The fourth-order valence-electron chi connectivity index (χ4n) is 11.3. The molecule has 3 saturated heterocycles. The molecule has 390 valence electrons. The van der Waals surface area contributed by atoms with Crippen molar-refractivity contribution in [3.8, 4) is 11.5 Å². The summed E-state index contributed by atoms with van der Waals surface area (Å²) >= 11 is 14.8. The van der Waals surface area contributed by atoms with Crippen LogP contribution < -0.4 is 14.4 Å². The van der Waals surface area contributed by atoms with Gasteiger partial charge in [0.25, 0.3) is 0 Å². The van der Waals surface area contributed by atoms with Crippen LogP contribution in [0.15, 0.2) is 30.6 Å². The zero-order chi connectivity index (χ0) is 51.4. The maximum Gasteiger partial charge on any atom is 0.320 e. The zero-order valence-corrected chi connectivity index (χ0v) is 45.2. The highest BCUT2D eigenvalue weighted by molar-refractivity contribution is 8.00. The number of aromatic nitrogens is 1. The second-order valence-electron chi connectivity index (χ2n) is 20.5. The summed E-state index contributed by atoms with van der Waals surface area (Å²) in [6, 6.07) is 5.46. The van der Waals surface area contributed by atoms with Crippen molar-refractivity contribution in [1.29, 1.82) is 0 Å². The van der Waals surface area contributed by atoms with Gasteiger partial charge in [-0.1, -0.05) is 50.9 Å². The number of carbonyl (C=O) groups is 4. The first-order chi connectivity index (χ1) is 33.1. The van der Waals surface area contributed by atoms with Gasteiger partial charge in [0, 0.05) is 85.4 Å². The van der Waals surface area contributed by atoms with Crippen molar-refractivity contribution in [3.63, 3.8) is 0 Å². The fourth-order valence-corrected chi connectivity index (χ4v) is 13.2. The molecule has 0 spiro atoms. The summed E-state index contributed by atoms with van der Waals surface area (Å²) in [5.74, 6) is -4.85. The lowest BCUT2D eigenvalue weighted by Crippen LogP contribution is -2.59. The molecule has 4 heterocycles. The van der Waals surface area contributed by atoms with E-state index in [9.17, 15) is 19.5 Å². The van der Waals surface area contributed by atoms with Crippen molar-refractivity contribution in [2.45, 2.75) is 166 Å². The highest BCUT2D eigenvalue weighted by Crippen LogP contribution is 2.49. The van der Waals surface area contributed by atoms with E-state index < -0.39 is 88.4 Å². The average Bonchev–Trinajstić information content (AvgIpc) is 3.93. The molecule has 18 heteroatoms. The van der Waals surface area contributed by atoms with Gasteiger partial charge >= 0.3 is 11.9 Å². The van der Waals surface area contributed by atoms with Crippen LogP contribution in [0.4, 0.5) is 5.69 Å². The van der Waals surface area contributed by atoms with Gasteiger partial charge in [-0.05, 0) is 98.9 Å². The zero-order valence-electron chi connectivity index (χ0n) is 42.9. The van der Waals surface area contributed by atoms with Gasteiger partial charge in [-0.25, -0.2) is 0 Å². The van der Waals surface area contributed by atoms with Gasteiger partial charge in [-0.2, -0.15) is 0 Å². The number of ether oxygens (including phenoxy) is 7. The Bertz CT molecular complexity index is 2150. The lowest BCUT2D eigenvalue weighted by Gasteiger charge is -2.47. The molecule has 15 nitrogen and oxygen atoms in total. The van der Waals surface area contributed by atoms with Crippen LogP contribution in [-0.2, 0) is 49.4 Å². The van der Waals surface area contributed by atoms with E-state index in [0.717, 1.165) is 31.4 Å². The Labute approximate surface area is 428 Å². The topological polar surface area (TPSA) is 172 Å². The molecular formula is C52H75Cl2N3O12S. The second kappa shape index (κ2) is 23.8. The van der Waals surface area contributed by atoms with Gasteiger partial charge < -0.3 is 48.1 Å². The van der Waals surface area contributed by atoms with Crippen molar-refractivity contribution in [3.05, 3.63) is 46.2 Å². The third kappa shape index (κ3) is 12.1. The van der Waals surface area contributed by atoms with E-state index in [1.54, 1.807) is 40.3 Å². The first kappa shape index (κ1) is 56.1. The van der Waals surface area contributed by atoms with Crippen molar-refractivity contribution in [1.82, 2.24) is 9.88 Å². The van der Waals surface area contributed by atoms with Crippen LogP contribution in [0.25, 0.3) is 0 Å². The van der Waals surface area contributed by atoms with E-state index in [1.165, 1.54) is 25.8 Å². The van der Waals surface area contributed by atoms with E-state index in [1.807, 2.05) is 64.9 Å². The molecular weight excluding hydrogens is 962 g/mol. The van der Waals surface area contributed by atoms with E-state index in [0.29, 0.717) is 52.4 Å². The summed E-state index contributed by atoms with van der Waals surface area (Å²) in [6.45, 7) is 14.7. The number of esters is 2. The van der Waals surface area contributed by atoms with Crippen molar-refractivity contribution >= 4 is 64.2 Å². The van der Waals surface area contributed by atoms with Gasteiger partial charge in [0.15, 0.2) is 29.2 Å². The molecule has 1 unspecified atom stereocenters. The number of aliphatic hydroxyl groups is 1. The van der Waals surface area contributed by atoms with E-state index >= 15 is 4.79 Å². The molecule has 0 bridgehead atoms. The number of anilines is 1. The first-order valence-corrected chi connectivity index (χ1v) is 26.6. The standard InChI is InChI=1S/C52H75Cl2N3O12S/c1-13-41-52(8)42(30(4)43(58)28(2)24-51(7,64-12)47(31(5)44(59)32(6)48(61)67-41)68-50-45(60)38(56(9)10)22-29(3)65-50)46(49(62)69-52)70-21-20-57(27-35-36(53)25-55-26-37(35)54)33-18-19-39(63-11)40(23-33)66-34-16-14-15-17-34/h18-19,23,25-26,28-32,34,38,41-42,45-47,50,60H,13-17,20-22,24,27H2,1-12H3/t28-,29-,30-,31+,32?,38+,41-,42+,45-,46+,47-,50+,51-,52-/m1/s1. The third-order valence-corrected chi connectivity index (χ3v) is 17.3. The normalized spacial score (nSPS) is 34.7. The van der Waals surface area contributed by atoms with E-state index in [4.69, 9.17) is 56.4 Å². The van der Waals surface area contributed by atoms with Crippen LogP contribution in [0.1, 0.15) is 106 Å². The van der Waals surface area contributed by atoms with Crippen molar-refractivity contribution in [2.75, 3.05) is 45.5 Å². The monoisotopic (exact) mass is 1040 g/mol. The fraction of sp³-hybridized carbons (Fsp3) is 0.712. The number of rotatable bonds is 15. The third-order valence-electron chi connectivity index (χ3n) is 15.4. The first-order valence-electron chi connectivity index (χ1n) is 24.8. The Balaban J connectivity index is 1.33. The number of thioether (sulfide) groups is 1. The molecule has 70 heavy (non-hydrogen) atoms. The minimum atomic E-state index is -1.45. The molecule has 0 radical (unpaired) electrons. The van der Waals surface area contributed by atoms with E-state index in [2.05, 4.69) is 9.88 Å². The number of fused-ring (bicyclic) bond motifs is 1. The summed E-state index contributed by atoms with van der Waals surface area (Å²) < 4.78 is 43.9. The molecule has 4 fully saturated rings. The van der Waals surface area contributed by atoms with Crippen LogP contribution in [0.5, 0.6) is 11.5 Å². The molecule has 2 aromatic rings. The molecule has 14 atom stereocenters. The predicted molar refractivity (Wildman–Crippen MR) is 270 cm³/mol. The number of halogens is 2. The number of pyridine rings is 1. The second-order valence-corrected chi connectivity index (χ2v) is 22.5. The van der Waals surface area contributed by atoms with Crippen LogP contribution >= 0.6 is 35.0 Å². The summed E-state index contributed by atoms with van der Waals surface area (Å²) in [6.07, 6.45) is 3.58. The lowest BCUT2D eigenvalue weighted by atomic mass is 9.70. The van der Waals surface area contributed by atoms with Gasteiger partial charge in [0.05, 0.1) is 41.1 Å². The average molecular weight is 1040 g/mol. The number of benzene rings is 1. The van der Waals surface area contributed by atoms with Crippen LogP contribution in [0.2, 0.25) is 10.0 Å². The highest BCUT2D eigenvalue weighted by Gasteiger charge is 2.61. The molecule has 1 aliphatic carbocycles. The minimum Gasteiger partial charge on any atom is -0.493 e. The molecule has 1 N–H and O–H groups in total. The summed E-state index contributed by atoms with van der Waals surface area (Å²) in [5.41, 5.74) is -1.28. The number of ketones is 2. The number of likely N-dealkylation sites (N-methyl/N-ethyl adjacent to an activating group) is 1. The van der Waals surface area contributed by atoms with Crippen LogP contribution in [0, 0.1) is 29.6 Å². The number of cyclic esters (lactones) is 1. The van der Waals surface area contributed by atoms with Gasteiger partial charge in [0.2, 0.25) is 0 Å². The van der Waals surface area contributed by atoms with Crippen LogP contribution in [-0.4, -0.2) is 138 Å². The van der Waals surface area contributed by atoms with Crippen molar-refractivity contribution in [2.24, 2.45) is 29.6 Å². The van der Waals surface area contributed by atoms with Gasteiger partial charge in [-0.15, -0.1) is 11.8 Å². The molecule has 3 aliphatic heterocycles. The molecule has 1 aromatic heterocycles. The number of aliphatic hydroxyl groups excluding tert-OH is 1. The number of carbonyl (C=O) groups excluding carboxylic acids is 4. The molecule has 6 rings (SSSR count). The van der Waals surface area contributed by atoms with Gasteiger partial charge in [0.1, 0.15) is 29.2 Å². The Hall–Kier alpha value is -3.22. The maximum absolute atomic E-state index is 15.1. The number of hydrogen-bond acceptors (Lipinski definition) is 16. The summed E-state index contributed by atoms with van der Waals surface area (Å²) in [4.78, 5) is 66.4. The predicted octanol–water partition coefficient (Wildman–Crippen LogP) is 8.38. The lowest BCUT2D eigenvalue weighted by molar-refractivity contribution is -0.295. The minimum absolute atomic E-state index is 0.0777. The van der Waals surface area contributed by atoms with Gasteiger partial charge in [-0.3, -0.25) is 24.2 Å². The Morgan fingerprint density at radius 3 is 2.21 bits per heavy atom. The number of methoxy groups -OCH3 is 2. The molecule has 1 aromatic carbocycles. The molecule has 4 aliphatic rings. The largest absolute Gasteiger partial charge is 0.493 e.